The summed E-state index contributed by atoms with van der Waals surface area (Å²) in [4.78, 5) is 13.9. The zero-order chi connectivity index (χ0) is 9.84. The van der Waals surface area contributed by atoms with Crippen LogP contribution in [0, 0.1) is 5.95 Å². The Morgan fingerprint density at radius 3 is 3.00 bits per heavy atom. The standard InChI is InChI=1S/C8H10FN3O/c1-5(12-8(10)13)6-2-3-11-7(9)4-6/h2-5H,1H3,(H3,10,12,13). The number of hydrogen-bond acceptors (Lipinski definition) is 2. The molecule has 3 N–H and O–H groups in total. The second-order valence-electron chi connectivity index (χ2n) is 2.64. The Balaban J connectivity index is 2.76. The summed E-state index contributed by atoms with van der Waals surface area (Å²) in [6.45, 7) is 1.71. The average Bonchev–Trinajstić information content (AvgIpc) is 2.03. The van der Waals surface area contributed by atoms with Gasteiger partial charge in [0.1, 0.15) is 0 Å². The van der Waals surface area contributed by atoms with Crippen LogP contribution in [0.15, 0.2) is 18.3 Å². The van der Waals surface area contributed by atoms with E-state index in [1.165, 1.54) is 12.3 Å². The number of urea groups is 1. The molecular weight excluding hydrogens is 173 g/mol. The Hall–Kier alpha value is -1.65. The highest BCUT2D eigenvalue weighted by Gasteiger charge is 2.07. The molecule has 1 rings (SSSR count). The molecule has 0 fully saturated rings. The fourth-order valence-electron chi connectivity index (χ4n) is 0.984. The van der Waals surface area contributed by atoms with Crippen molar-refractivity contribution >= 4 is 6.03 Å². The second kappa shape index (κ2) is 3.84. The number of nitrogens with zero attached hydrogens (tertiary/aromatic N) is 1. The highest BCUT2D eigenvalue weighted by atomic mass is 19.1. The maximum absolute atomic E-state index is 12.6. The third-order valence-corrected chi connectivity index (χ3v) is 1.61. The minimum atomic E-state index is -0.635. The van der Waals surface area contributed by atoms with E-state index >= 15 is 0 Å². The van der Waals surface area contributed by atoms with Crippen LogP contribution in [0.4, 0.5) is 9.18 Å². The van der Waals surface area contributed by atoms with Crippen molar-refractivity contribution in [3.63, 3.8) is 0 Å². The van der Waals surface area contributed by atoms with Crippen LogP contribution >= 0.6 is 0 Å². The maximum atomic E-state index is 12.6. The molecule has 13 heavy (non-hydrogen) atoms. The molecule has 0 saturated carbocycles. The topological polar surface area (TPSA) is 68.0 Å². The van der Waals surface area contributed by atoms with Gasteiger partial charge in [0.15, 0.2) is 0 Å². The largest absolute Gasteiger partial charge is 0.352 e. The van der Waals surface area contributed by atoms with Crippen molar-refractivity contribution in [1.82, 2.24) is 10.3 Å². The first-order valence-corrected chi connectivity index (χ1v) is 3.77. The van der Waals surface area contributed by atoms with Crippen molar-refractivity contribution in [2.75, 3.05) is 0 Å². The smallest absolute Gasteiger partial charge is 0.312 e. The number of rotatable bonds is 2. The van der Waals surface area contributed by atoms with E-state index in [2.05, 4.69) is 10.3 Å². The first-order valence-electron chi connectivity index (χ1n) is 3.77. The van der Waals surface area contributed by atoms with E-state index in [0.29, 0.717) is 5.56 Å². The molecule has 1 atom stereocenters. The van der Waals surface area contributed by atoms with Gasteiger partial charge in [-0.1, -0.05) is 0 Å². The van der Waals surface area contributed by atoms with Crippen LogP contribution in [0.1, 0.15) is 18.5 Å². The summed E-state index contributed by atoms with van der Waals surface area (Å²) in [5, 5.41) is 2.43. The summed E-state index contributed by atoms with van der Waals surface area (Å²) >= 11 is 0. The fourth-order valence-corrected chi connectivity index (χ4v) is 0.984. The molecule has 0 aliphatic heterocycles. The van der Waals surface area contributed by atoms with E-state index < -0.39 is 12.0 Å². The number of halogens is 1. The van der Waals surface area contributed by atoms with E-state index in [1.807, 2.05) is 0 Å². The predicted octanol–water partition coefficient (Wildman–Crippen LogP) is 0.950. The highest BCUT2D eigenvalue weighted by molar-refractivity contribution is 5.72. The minimum absolute atomic E-state index is 0.310. The SMILES string of the molecule is CC(NC(N)=O)c1ccnc(F)c1. The van der Waals surface area contributed by atoms with Crippen LogP contribution in [-0.2, 0) is 0 Å². The normalized spacial score (nSPS) is 12.2. The lowest BCUT2D eigenvalue weighted by Gasteiger charge is -2.11. The average molecular weight is 183 g/mol. The van der Waals surface area contributed by atoms with Crippen molar-refractivity contribution in [3.05, 3.63) is 29.8 Å². The van der Waals surface area contributed by atoms with E-state index in [-0.39, 0.29) is 6.04 Å². The summed E-state index contributed by atoms with van der Waals surface area (Å²) in [6.07, 6.45) is 1.34. The summed E-state index contributed by atoms with van der Waals surface area (Å²) < 4.78 is 12.6. The molecule has 2 amide bonds. The van der Waals surface area contributed by atoms with E-state index in [4.69, 9.17) is 5.73 Å². The number of primary amides is 1. The van der Waals surface area contributed by atoms with Crippen molar-refractivity contribution in [3.8, 4) is 0 Å². The van der Waals surface area contributed by atoms with Crippen molar-refractivity contribution in [1.29, 1.82) is 0 Å². The Kier molecular flexibility index (Phi) is 2.79. The highest BCUT2D eigenvalue weighted by Crippen LogP contribution is 2.11. The van der Waals surface area contributed by atoms with Crippen LogP contribution in [-0.4, -0.2) is 11.0 Å². The zero-order valence-corrected chi connectivity index (χ0v) is 7.12. The Morgan fingerprint density at radius 1 is 1.77 bits per heavy atom. The van der Waals surface area contributed by atoms with Gasteiger partial charge in [-0.05, 0) is 24.6 Å². The lowest BCUT2D eigenvalue weighted by Crippen LogP contribution is -2.31. The van der Waals surface area contributed by atoms with Gasteiger partial charge in [0.25, 0.3) is 0 Å². The number of nitrogens with one attached hydrogen (secondary N) is 1. The first kappa shape index (κ1) is 9.44. The number of carbonyl (C=O) groups is 1. The molecule has 1 aromatic rings. The molecule has 0 bridgehead atoms. The minimum Gasteiger partial charge on any atom is -0.352 e. The summed E-state index contributed by atoms with van der Waals surface area (Å²) in [7, 11) is 0. The number of hydrogen-bond donors (Lipinski definition) is 2. The molecule has 0 radical (unpaired) electrons. The molecule has 0 aromatic carbocycles. The number of aromatic nitrogens is 1. The van der Waals surface area contributed by atoms with Gasteiger partial charge in [-0.3, -0.25) is 0 Å². The summed E-state index contributed by atoms with van der Waals surface area (Å²) in [5.41, 5.74) is 5.54. The lowest BCUT2D eigenvalue weighted by atomic mass is 10.1. The van der Waals surface area contributed by atoms with Crippen molar-refractivity contribution in [2.45, 2.75) is 13.0 Å². The van der Waals surface area contributed by atoms with Gasteiger partial charge in [0.05, 0.1) is 6.04 Å². The van der Waals surface area contributed by atoms with E-state index in [9.17, 15) is 9.18 Å². The van der Waals surface area contributed by atoms with Gasteiger partial charge in [-0.2, -0.15) is 4.39 Å². The van der Waals surface area contributed by atoms with Crippen LogP contribution in [0.3, 0.4) is 0 Å². The van der Waals surface area contributed by atoms with Gasteiger partial charge < -0.3 is 11.1 Å². The van der Waals surface area contributed by atoms with Crippen LogP contribution < -0.4 is 11.1 Å². The van der Waals surface area contributed by atoms with Crippen LogP contribution in [0.5, 0.6) is 0 Å². The molecule has 0 spiro atoms. The zero-order valence-electron chi connectivity index (χ0n) is 7.12. The van der Waals surface area contributed by atoms with Crippen molar-refractivity contribution in [2.24, 2.45) is 5.73 Å². The number of pyridine rings is 1. The molecule has 1 heterocycles. The van der Waals surface area contributed by atoms with E-state index in [0.717, 1.165) is 0 Å². The molecule has 5 heteroatoms. The van der Waals surface area contributed by atoms with Crippen molar-refractivity contribution < 1.29 is 9.18 Å². The van der Waals surface area contributed by atoms with Gasteiger partial charge in [-0.15, -0.1) is 0 Å². The Morgan fingerprint density at radius 2 is 2.46 bits per heavy atom. The third-order valence-electron chi connectivity index (χ3n) is 1.61. The Labute approximate surface area is 75.0 Å². The fraction of sp³-hybridized carbons (Fsp3) is 0.250. The number of amides is 2. The molecule has 0 aliphatic rings. The third kappa shape index (κ3) is 2.70. The van der Waals surface area contributed by atoms with E-state index in [1.54, 1.807) is 13.0 Å². The van der Waals surface area contributed by atoms with Gasteiger partial charge >= 0.3 is 6.03 Å². The van der Waals surface area contributed by atoms with Crippen LogP contribution in [0.2, 0.25) is 0 Å². The van der Waals surface area contributed by atoms with Gasteiger partial charge in [-0.25, -0.2) is 9.78 Å². The molecule has 70 valence electrons. The monoisotopic (exact) mass is 183 g/mol. The Bertz CT molecular complexity index is 316. The first-order chi connectivity index (χ1) is 6.09. The summed E-state index contributed by atoms with van der Waals surface area (Å²) in [5.74, 6) is -0.573. The quantitative estimate of drug-likeness (QED) is 0.670. The summed E-state index contributed by atoms with van der Waals surface area (Å²) in [6, 6.07) is 1.92. The molecule has 1 unspecified atom stereocenters. The molecule has 4 nitrogen and oxygen atoms in total. The molecule has 0 saturated heterocycles. The predicted molar refractivity (Wildman–Crippen MR) is 45.3 cm³/mol. The van der Waals surface area contributed by atoms with Gasteiger partial charge in [0, 0.05) is 6.20 Å². The number of nitrogens with two attached hydrogens (primary N) is 1. The number of carbonyl (C=O) groups excluding carboxylic acids is 1. The second-order valence-corrected chi connectivity index (χ2v) is 2.64. The lowest BCUT2D eigenvalue weighted by molar-refractivity contribution is 0.246. The van der Waals surface area contributed by atoms with Gasteiger partial charge in [0.2, 0.25) is 5.95 Å². The maximum Gasteiger partial charge on any atom is 0.312 e. The molecule has 1 aromatic heterocycles. The molecule has 0 aliphatic carbocycles. The van der Waals surface area contributed by atoms with Crippen LogP contribution in [0.25, 0.3) is 0 Å². The molecular formula is C8H10FN3O.